The molecule has 1 aromatic carbocycles. The summed E-state index contributed by atoms with van der Waals surface area (Å²) in [6, 6.07) is 9.54. The van der Waals surface area contributed by atoms with E-state index >= 15 is 0 Å². The van der Waals surface area contributed by atoms with Gasteiger partial charge in [0.1, 0.15) is 6.10 Å². The molecule has 1 saturated heterocycles. The minimum Gasteiger partial charge on any atom is -0.443 e. The Balaban J connectivity index is 0.000001000. The molecule has 20 heavy (non-hydrogen) atoms. The molecule has 0 bridgehead atoms. The average molecular weight is 316 g/mol. The molecule has 0 radical (unpaired) electrons. The van der Waals surface area contributed by atoms with E-state index in [2.05, 4.69) is 4.98 Å². The Labute approximate surface area is 128 Å². The molecule has 108 valence electrons. The van der Waals surface area contributed by atoms with Gasteiger partial charge in [0, 0.05) is 23.8 Å². The molecule has 1 aromatic heterocycles. The summed E-state index contributed by atoms with van der Waals surface area (Å²) in [6.07, 6.45) is 1.19. The van der Waals surface area contributed by atoms with Gasteiger partial charge in [-0.3, -0.25) is 9.88 Å². The Bertz CT molecular complexity index is 609. The lowest BCUT2D eigenvalue weighted by molar-refractivity contribution is 0.145. The van der Waals surface area contributed by atoms with Gasteiger partial charge in [0.15, 0.2) is 0 Å². The number of aromatic nitrogens is 1. The highest BCUT2D eigenvalue weighted by atomic mass is 35.5. The molecule has 1 amide bonds. The fraction of sp³-hybridized carbons (Fsp3) is 0.231. The number of rotatable bonds is 2. The van der Waals surface area contributed by atoms with E-state index in [1.165, 1.54) is 0 Å². The van der Waals surface area contributed by atoms with Gasteiger partial charge in [0.2, 0.25) is 0 Å². The predicted octanol–water partition coefficient (Wildman–Crippen LogP) is 2.36. The summed E-state index contributed by atoms with van der Waals surface area (Å²) in [5.74, 6) is 0. The number of hydrogen-bond donors (Lipinski definition) is 1. The van der Waals surface area contributed by atoms with Crippen LogP contribution in [0.3, 0.4) is 0 Å². The lowest BCUT2D eigenvalue weighted by atomic mass is 10.2. The number of fused-ring (bicyclic) bond motifs is 1. The molecule has 0 aliphatic carbocycles. The molecule has 0 unspecified atom stereocenters. The number of halogens is 2. The zero-order chi connectivity index (χ0) is 12.5. The van der Waals surface area contributed by atoms with Crippen molar-refractivity contribution in [1.82, 2.24) is 4.98 Å². The highest BCUT2D eigenvalue weighted by Crippen LogP contribution is 2.24. The fourth-order valence-electron chi connectivity index (χ4n) is 2.09. The van der Waals surface area contributed by atoms with Gasteiger partial charge in [-0.05, 0) is 24.3 Å². The number of hydrogen-bond acceptors (Lipinski definition) is 4. The molecule has 2 N–H and O–H groups in total. The molecule has 3 rings (SSSR count). The molecule has 1 aliphatic rings. The molecular formula is C13H15Cl2N3O2. The van der Waals surface area contributed by atoms with Crippen LogP contribution in [0.25, 0.3) is 10.9 Å². The quantitative estimate of drug-likeness (QED) is 0.923. The summed E-state index contributed by atoms with van der Waals surface area (Å²) in [6.45, 7) is 0.846. The molecule has 2 heterocycles. The first kappa shape index (κ1) is 16.5. The van der Waals surface area contributed by atoms with Gasteiger partial charge >= 0.3 is 6.09 Å². The number of nitrogens with zero attached hydrogens (tertiary/aromatic N) is 2. The highest BCUT2D eigenvalue weighted by molar-refractivity contribution is 5.93. The number of carbonyl (C=O) groups excluding carboxylic acids is 1. The van der Waals surface area contributed by atoms with Crippen molar-refractivity contribution in [2.24, 2.45) is 5.73 Å². The molecule has 1 fully saturated rings. The second-order valence-electron chi connectivity index (χ2n) is 4.23. The van der Waals surface area contributed by atoms with Crippen molar-refractivity contribution in [3.8, 4) is 0 Å². The van der Waals surface area contributed by atoms with Crippen LogP contribution in [0.15, 0.2) is 36.5 Å². The molecule has 2 aromatic rings. The van der Waals surface area contributed by atoms with E-state index in [0.29, 0.717) is 13.1 Å². The minimum absolute atomic E-state index is 0. The van der Waals surface area contributed by atoms with E-state index in [1.54, 1.807) is 11.1 Å². The van der Waals surface area contributed by atoms with Gasteiger partial charge in [-0.1, -0.05) is 6.07 Å². The maximum atomic E-state index is 11.7. The first-order chi connectivity index (χ1) is 8.78. The van der Waals surface area contributed by atoms with Gasteiger partial charge in [0.25, 0.3) is 0 Å². The first-order valence-corrected chi connectivity index (χ1v) is 5.81. The van der Waals surface area contributed by atoms with Crippen LogP contribution in [0.1, 0.15) is 0 Å². The largest absolute Gasteiger partial charge is 0.443 e. The first-order valence-electron chi connectivity index (χ1n) is 5.81. The van der Waals surface area contributed by atoms with Crippen LogP contribution in [-0.4, -0.2) is 30.3 Å². The van der Waals surface area contributed by atoms with E-state index in [-0.39, 0.29) is 37.0 Å². The van der Waals surface area contributed by atoms with Crippen LogP contribution in [0, 0.1) is 0 Å². The Morgan fingerprint density at radius 1 is 1.35 bits per heavy atom. The summed E-state index contributed by atoms with van der Waals surface area (Å²) in [5, 5.41) is 0.999. The van der Waals surface area contributed by atoms with Gasteiger partial charge in [0.05, 0.1) is 12.1 Å². The van der Waals surface area contributed by atoms with Gasteiger partial charge in [-0.2, -0.15) is 0 Å². The Morgan fingerprint density at radius 2 is 2.15 bits per heavy atom. The number of pyridine rings is 1. The molecule has 7 heteroatoms. The molecule has 1 atom stereocenters. The second-order valence-corrected chi connectivity index (χ2v) is 4.23. The zero-order valence-corrected chi connectivity index (χ0v) is 12.2. The van der Waals surface area contributed by atoms with E-state index < -0.39 is 0 Å². The number of amides is 1. The monoisotopic (exact) mass is 315 g/mol. The summed E-state index contributed by atoms with van der Waals surface area (Å²) in [5.41, 5.74) is 7.24. The normalized spacial score (nSPS) is 17.4. The van der Waals surface area contributed by atoms with E-state index in [0.717, 1.165) is 16.6 Å². The van der Waals surface area contributed by atoms with Crippen molar-refractivity contribution < 1.29 is 9.53 Å². The molecule has 0 saturated carbocycles. The number of anilines is 1. The number of ether oxygens (including phenoxy) is 1. The van der Waals surface area contributed by atoms with Crippen molar-refractivity contribution >= 4 is 47.5 Å². The van der Waals surface area contributed by atoms with Crippen LogP contribution in [0.2, 0.25) is 0 Å². The number of benzene rings is 1. The van der Waals surface area contributed by atoms with Crippen LogP contribution >= 0.6 is 24.8 Å². The van der Waals surface area contributed by atoms with Crippen molar-refractivity contribution in [3.63, 3.8) is 0 Å². The smallest absolute Gasteiger partial charge is 0.414 e. The van der Waals surface area contributed by atoms with Gasteiger partial charge in [-0.15, -0.1) is 24.8 Å². The van der Waals surface area contributed by atoms with Gasteiger partial charge in [-0.25, -0.2) is 4.79 Å². The SMILES string of the molecule is Cl.Cl.NC[C@H]1CN(c2ccc3ncccc3c2)C(=O)O1. The van der Waals surface area contributed by atoms with E-state index in [4.69, 9.17) is 10.5 Å². The van der Waals surface area contributed by atoms with Crippen molar-refractivity contribution in [2.45, 2.75) is 6.10 Å². The Morgan fingerprint density at radius 3 is 2.85 bits per heavy atom. The number of nitrogens with two attached hydrogens (primary N) is 1. The summed E-state index contributed by atoms with van der Waals surface area (Å²) >= 11 is 0. The topological polar surface area (TPSA) is 68.5 Å². The van der Waals surface area contributed by atoms with E-state index in [1.807, 2.05) is 30.3 Å². The van der Waals surface area contributed by atoms with Crippen molar-refractivity contribution in [1.29, 1.82) is 0 Å². The Kier molecular flexibility index (Phi) is 5.56. The summed E-state index contributed by atoms with van der Waals surface area (Å²) in [7, 11) is 0. The predicted molar refractivity (Wildman–Crippen MR) is 82.9 cm³/mol. The van der Waals surface area contributed by atoms with Gasteiger partial charge < -0.3 is 10.5 Å². The second kappa shape index (κ2) is 6.74. The standard InChI is InChI=1S/C13H13N3O2.2ClH/c14-7-11-8-16(13(17)18-11)10-3-4-12-9(6-10)2-1-5-15-12;;/h1-6,11H,7-8,14H2;2*1H/t11-;;/m0../s1. The van der Waals surface area contributed by atoms with Crippen LogP contribution in [0.4, 0.5) is 10.5 Å². The third-order valence-electron chi connectivity index (χ3n) is 3.04. The molecule has 1 aliphatic heterocycles. The Hall–Kier alpha value is -1.56. The maximum Gasteiger partial charge on any atom is 0.414 e. The molecule has 5 nitrogen and oxygen atoms in total. The zero-order valence-electron chi connectivity index (χ0n) is 10.6. The van der Waals surface area contributed by atoms with Crippen molar-refractivity contribution in [3.05, 3.63) is 36.5 Å². The van der Waals surface area contributed by atoms with Crippen LogP contribution in [0.5, 0.6) is 0 Å². The summed E-state index contributed by atoms with van der Waals surface area (Å²) in [4.78, 5) is 17.6. The third kappa shape index (κ3) is 2.95. The van der Waals surface area contributed by atoms with Crippen molar-refractivity contribution in [2.75, 3.05) is 18.0 Å². The van der Waals surface area contributed by atoms with Crippen LogP contribution in [-0.2, 0) is 4.74 Å². The number of cyclic esters (lactones) is 1. The minimum atomic E-state index is -0.339. The van der Waals surface area contributed by atoms with Crippen LogP contribution < -0.4 is 10.6 Å². The highest BCUT2D eigenvalue weighted by Gasteiger charge is 2.31. The lowest BCUT2D eigenvalue weighted by Gasteiger charge is -2.13. The molecule has 0 spiro atoms. The molecular weight excluding hydrogens is 301 g/mol. The third-order valence-corrected chi connectivity index (χ3v) is 3.04. The fourth-order valence-corrected chi connectivity index (χ4v) is 2.09. The lowest BCUT2D eigenvalue weighted by Crippen LogP contribution is -2.27. The number of carbonyl (C=O) groups is 1. The maximum absolute atomic E-state index is 11.7. The average Bonchev–Trinajstić information content (AvgIpc) is 2.79. The summed E-state index contributed by atoms with van der Waals surface area (Å²) < 4.78 is 5.14. The van der Waals surface area contributed by atoms with E-state index in [9.17, 15) is 4.79 Å².